The molecule has 10 N–H and O–H groups in total. The SMILES string of the molecule is O.O.O.O=C([O-])C(=O)[O-].[Fe+].[NH4+]. The Balaban J connectivity index is -0.0000000125. The Bertz CT molecular complexity index is 82.4. The molecule has 0 rings (SSSR count). The molecule has 0 saturated heterocycles. The van der Waals surface area contributed by atoms with Gasteiger partial charge in [-0.1, -0.05) is 0 Å². The molecule has 0 aromatic rings. The summed E-state index contributed by atoms with van der Waals surface area (Å²) in [4.78, 5) is 17.9. The average molecular weight is 216 g/mol. The van der Waals surface area contributed by atoms with E-state index >= 15 is 0 Å². The number of quaternary nitrogens is 1. The molecule has 0 aromatic carbocycles. The molecule has 0 heterocycles. The number of rotatable bonds is 0. The fourth-order valence-corrected chi connectivity index (χ4v) is 0. The van der Waals surface area contributed by atoms with Gasteiger partial charge in [-0.05, 0) is 0 Å². The van der Waals surface area contributed by atoms with Crippen LogP contribution in [0.15, 0.2) is 0 Å². The molecule has 0 fully saturated rings. The van der Waals surface area contributed by atoms with Crippen LogP contribution in [-0.2, 0) is 26.7 Å². The zero-order valence-electron chi connectivity index (χ0n) is 5.49. The zero-order valence-corrected chi connectivity index (χ0v) is 6.59. The maximum Gasteiger partial charge on any atom is 1.00 e. The van der Waals surface area contributed by atoms with Crippen molar-refractivity contribution < 1.29 is 53.3 Å². The van der Waals surface area contributed by atoms with Gasteiger partial charge < -0.3 is 42.4 Å². The van der Waals surface area contributed by atoms with Crippen molar-refractivity contribution in [3.8, 4) is 0 Å². The quantitative estimate of drug-likeness (QED) is 0.309. The van der Waals surface area contributed by atoms with Crippen molar-refractivity contribution in [2.75, 3.05) is 0 Å². The van der Waals surface area contributed by atoms with Gasteiger partial charge in [-0.3, -0.25) is 0 Å². The van der Waals surface area contributed by atoms with Crippen LogP contribution in [0.25, 0.3) is 0 Å². The summed E-state index contributed by atoms with van der Waals surface area (Å²) < 4.78 is 0. The van der Waals surface area contributed by atoms with Gasteiger partial charge in [-0.25, -0.2) is 0 Å². The van der Waals surface area contributed by atoms with Crippen LogP contribution in [0, 0.1) is 0 Å². The van der Waals surface area contributed by atoms with E-state index in [-0.39, 0.29) is 39.6 Å². The van der Waals surface area contributed by atoms with Crippen molar-refractivity contribution in [3.05, 3.63) is 0 Å². The number of aliphatic carboxylic acids is 2. The van der Waals surface area contributed by atoms with Crippen molar-refractivity contribution in [2.24, 2.45) is 0 Å². The standard InChI is InChI=1S/C2H2O4.Fe.H3N.3H2O/c3-1(4)2(5)6;;;;;/h(H,3,4)(H,5,6);;1H3;3*1H2/q;+1;;;;/p-1. The molecule has 0 aliphatic heterocycles. The van der Waals surface area contributed by atoms with Crippen molar-refractivity contribution in [1.29, 1.82) is 0 Å². The van der Waals surface area contributed by atoms with E-state index in [2.05, 4.69) is 0 Å². The molecule has 0 unspecified atom stereocenters. The van der Waals surface area contributed by atoms with Crippen molar-refractivity contribution in [1.82, 2.24) is 6.15 Å². The van der Waals surface area contributed by atoms with E-state index in [1.54, 1.807) is 0 Å². The predicted molar refractivity (Wildman–Crippen MR) is 26.8 cm³/mol. The summed E-state index contributed by atoms with van der Waals surface area (Å²) >= 11 is 0. The van der Waals surface area contributed by atoms with Crippen LogP contribution in [0.2, 0.25) is 0 Å². The Hall–Kier alpha value is -0.701. The Morgan fingerprint density at radius 2 is 0.909 bits per heavy atom. The summed E-state index contributed by atoms with van der Waals surface area (Å²) in [5, 5.41) is 17.9. The first-order chi connectivity index (χ1) is 2.64. The van der Waals surface area contributed by atoms with Crippen molar-refractivity contribution in [3.63, 3.8) is 0 Å². The number of hydrogen-bond donors (Lipinski definition) is 1. The molecule has 11 heavy (non-hydrogen) atoms. The largest absolute Gasteiger partial charge is 1.00 e. The minimum absolute atomic E-state index is 0. The van der Waals surface area contributed by atoms with E-state index in [9.17, 15) is 0 Å². The molecule has 9 heteroatoms. The summed E-state index contributed by atoms with van der Waals surface area (Å²) in [5.74, 6) is -4.37. The van der Waals surface area contributed by atoms with E-state index in [0.29, 0.717) is 0 Å². The maximum absolute atomic E-state index is 8.93. The number of carbonyl (C=O) groups is 2. The monoisotopic (exact) mass is 216 g/mol. The summed E-state index contributed by atoms with van der Waals surface area (Å²) in [5.41, 5.74) is 0. The molecule has 0 atom stereocenters. The number of carboxylic acid groups (broad SMARTS) is 2. The molecule has 8 nitrogen and oxygen atoms in total. The first kappa shape index (κ1) is 48.2. The maximum atomic E-state index is 8.93. The predicted octanol–water partition coefficient (Wildman–Crippen LogP) is -5.61. The minimum atomic E-state index is -2.19. The Kier molecular flexibility index (Phi) is 99.9. The molecule has 1 radical (unpaired) electrons. The Morgan fingerprint density at radius 3 is 0.909 bits per heavy atom. The minimum Gasteiger partial charge on any atom is -0.543 e. The van der Waals surface area contributed by atoms with Gasteiger partial charge in [-0.2, -0.15) is 0 Å². The van der Waals surface area contributed by atoms with Gasteiger partial charge in [0, 0.05) is 0 Å². The van der Waals surface area contributed by atoms with E-state index < -0.39 is 11.9 Å². The van der Waals surface area contributed by atoms with Crippen LogP contribution < -0.4 is 16.4 Å². The Morgan fingerprint density at radius 1 is 0.818 bits per heavy atom. The third-order valence-corrected chi connectivity index (χ3v) is 0.167. The van der Waals surface area contributed by atoms with E-state index in [4.69, 9.17) is 19.8 Å². The van der Waals surface area contributed by atoms with Crippen LogP contribution >= 0.6 is 0 Å². The third kappa shape index (κ3) is 45.5. The van der Waals surface area contributed by atoms with E-state index in [0.717, 1.165) is 0 Å². The normalized spacial score (nSPS) is 4.00. The second kappa shape index (κ2) is 22.8. The van der Waals surface area contributed by atoms with Crippen LogP contribution in [-0.4, -0.2) is 28.4 Å². The number of carboxylic acids is 2. The molecule has 0 spiro atoms. The first-order valence-corrected chi connectivity index (χ1v) is 1.07. The molecule has 73 valence electrons. The molecule has 0 saturated carbocycles. The molecular weight excluding hydrogens is 206 g/mol. The van der Waals surface area contributed by atoms with Gasteiger partial charge in [0.2, 0.25) is 0 Å². The molecule has 0 bridgehead atoms. The average Bonchev–Trinajstić information content (AvgIpc) is 1.36. The van der Waals surface area contributed by atoms with Crippen LogP contribution in [0.4, 0.5) is 0 Å². The van der Waals surface area contributed by atoms with Crippen molar-refractivity contribution >= 4 is 11.9 Å². The Labute approximate surface area is 72.2 Å². The molecule has 0 aliphatic carbocycles. The van der Waals surface area contributed by atoms with E-state index in [1.165, 1.54) is 0 Å². The topological polar surface area (TPSA) is 211 Å². The fourth-order valence-electron chi connectivity index (χ4n) is 0. The van der Waals surface area contributed by atoms with Crippen LogP contribution in [0.1, 0.15) is 0 Å². The van der Waals surface area contributed by atoms with Crippen LogP contribution in [0.3, 0.4) is 0 Å². The van der Waals surface area contributed by atoms with Crippen molar-refractivity contribution in [2.45, 2.75) is 0 Å². The summed E-state index contributed by atoms with van der Waals surface area (Å²) in [7, 11) is 0. The molecule has 0 aromatic heterocycles. The van der Waals surface area contributed by atoms with Crippen LogP contribution in [0.5, 0.6) is 0 Å². The second-order valence-electron chi connectivity index (χ2n) is 0.575. The number of carbonyl (C=O) groups excluding carboxylic acids is 2. The molecule has 0 amide bonds. The van der Waals surface area contributed by atoms with Gasteiger partial charge in [-0.15, -0.1) is 0 Å². The zero-order chi connectivity index (χ0) is 5.15. The van der Waals surface area contributed by atoms with Gasteiger partial charge in [0.25, 0.3) is 0 Å². The van der Waals surface area contributed by atoms with Gasteiger partial charge in [0.1, 0.15) is 0 Å². The van der Waals surface area contributed by atoms with Gasteiger partial charge in [0.15, 0.2) is 0 Å². The van der Waals surface area contributed by atoms with Gasteiger partial charge in [0.05, 0.1) is 11.9 Å². The van der Waals surface area contributed by atoms with E-state index in [1.807, 2.05) is 0 Å². The smallest absolute Gasteiger partial charge is 0.543 e. The molecule has 0 aliphatic rings. The first-order valence-electron chi connectivity index (χ1n) is 1.07. The summed E-state index contributed by atoms with van der Waals surface area (Å²) in [6, 6.07) is 0. The fraction of sp³-hybridized carbons (Fsp3) is 0. The number of hydrogen-bond acceptors (Lipinski definition) is 4. The summed E-state index contributed by atoms with van der Waals surface area (Å²) in [6.07, 6.45) is 0. The molecular formula is C2H10FeNO7. The second-order valence-corrected chi connectivity index (χ2v) is 0.575. The summed E-state index contributed by atoms with van der Waals surface area (Å²) in [6.45, 7) is 0. The van der Waals surface area contributed by atoms with Gasteiger partial charge >= 0.3 is 17.1 Å². The third-order valence-electron chi connectivity index (χ3n) is 0.167.